The molecule has 1 aromatic carbocycles. The van der Waals surface area contributed by atoms with Gasteiger partial charge in [-0.2, -0.15) is 0 Å². The van der Waals surface area contributed by atoms with Crippen LogP contribution in [0.4, 0.5) is 4.79 Å². The zero-order chi connectivity index (χ0) is 10.8. The molecule has 6 heteroatoms. The van der Waals surface area contributed by atoms with Crippen molar-refractivity contribution >= 4 is 34.4 Å². The monoisotopic (exact) mass is 307 g/mol. The number of rotatable bonds is 1. The molecule has 0 saturated carbocycles. The smallest absolute Gasteiger partial charge is 0.407 e. The Balaban J connectivity index is 0.00000128. The molecular weight excluding hydrogens is 297 g/mol. The maximum absolute atomic E-state index is 11.0. The predicted molar refractivity (Wildman–Crippen MR) is 64.9 cm³/mol. The summed E-state index contributed by atoms with van der Waals surface area (Å²) in [5.74, 6) is 0.189. The van der Waals surface area contributed by atoms with E-state index in [1.165, 1.54) is 0 Å². The van der Waals surface area contributed by atoms with Gasteiger partial charge in [-0.05, 0) is 23.8 Å². The Bertz CT molecular complexity index is 400. The van der Waals surface area contributed by atoms with Gasteiger partial charge in [0.15, 0.2) is 0 Å². The van der Waals surface area contributed by atoms with Crippen LogP contribution < -0.4 is 5.32 Å². The largest absolute Gasteiger partial charge is 0.508 e. The van der Waals surface area contributed by atoms with Crippen molar-refractivity contribution in [2.45, 2.75) is 12.5 Å². The molecule has 1 amide bonds. The second-order valence-corrected chi connectivity index (χ2v) is 4.18. The quantitative estimate of drug-likeness (QED) is 0.838. The molecule has 2 N–H and O–H groups in total. The number of cyclic esters (lactones) is 1. The van der Waals surface area contributed by atoms with Crippen LogP contribution in [0.15, 0.2) is 22.7 Å². The number of benzene rings is 1. The molecule has 0 radical (unpaired) electrons. The number of amides is 1. The molecule has 0 aliphatic carbocycles. The van der Waals surface area contributed by atoms with Crippen LogP contribution in [0.5, 0.6) is 5.75 Å². The van der Waals surface area contributed by atoms with Crippen LogP contribution in [0.1, 0.15) is 18.0 Å². The lowest BCUT2D eigenvalue weighted by Crippen LogP contribution is -2.35. The van der Waals surface area contributed by atoms with Crippen molar-refractivity contribution in [3.63, 3.8) is 0 Å². The second-order valence-electron chi connectivity index (χ2n) is 3.33. The van der Waals surface area contributed by atoms with Gasteiger partial charge in [0.2, 0.25) is 0 Å². The van der Waals surface area contributed by atoms with E-state index in [4.69, 9.17) is 4.74 Å². The van der Waals surface area contributed by atoms with Crippen molar-refractivity contribution in [1.82, 2.24) is 5.32 Å². The normalized spacial score (nSPS) is 19.3. The first-order valence-corrected chi connectivity index (χ1v) is 5.38. The van der Waals surface area contributed by atoms with E-state index in [1.54, 1.807) is 18.2 Å². The summed E-state index contributed by atoms with van der Waals surface area (Å²) in [5, 5.41) is 12.1. The molecule has 2 rings (SSSR count). The highest BCUT2D eigenvalue weighted by molar-refractivity contribution is 9.10. The molecule has 1 heterocycles. The summed E-state index contributed by atoms with van der Waals surface area (Å²) >= 11 is 3.38. The van der Waals surface area contributed by atoms with Crippen LogP contribution in [0.2, 0.25) is 0 Å². The van der Waals surface area contributed by atoms with E-state index in [1.807, 2.05) is 0 Å². The van der Waals surface area contributed by atoms with Crippen molar-refractivity contribution in [2.75, 3.05) is 6.61 Å². The van der Waals surface area contributed by atoms with E-state index in [-0.39, 0.29) is 24.2 Å². The van der Waals surface area contributed by atoms with Crippen molar-refractivity contribution in [2.24, 2.45) is 0 Å². The van der Waals surface area contributed by atoms with Gasteiger partial charge in [0.05, 0.1) is 12.6 Å². The Morgan fingerprint density at radius 3 is 2.94 bits per heavy atom. The Labute approximate surface area is 108 Å². The van der Waals surface area contributed by atoms with Gasteiger partial charge in [-0.25, -0.2) is 4.79 Å². The van der Waals surface area contributed by atoms with Crippen LogP contribution in [-0.4, -0.2) is 17.8 Å². The summed E-state index contributed by atoms with van der Waals surface area (Å²) < 4.78 is 5.64. The van der Waals surface area contributed by atoms with Gasteiger partial charge in [-0.15, -0.1) is 12.4 Å². The number of alkyl carbamates (subject to hydrolysis) is 1. The summed E-state index contributed by atoms with van der Waals surface area (Å²) in [6.45, 7) is 0.401. The van der Waals surface area contributed by atoms with Gasteiger partial charge in [-0.3, -0.25) is 0 Å². The molecule has 88 valence electrons. The van der Waals surface area contributed by atoms with Gasteiger partial charge in [-0.1, -0.05) is 15.9 Å². The first-order valence-electron chi connectivity index (χ1n) is 4.58. The SMILES string of the molecule is Cl.O=C1N[C@H](c2cc(O)ccc2Br)CCO1. The summed E-state index contributed by atoms with van der Waals surface area (Å²) in [7, 11) is 0. The minimum atomic E-state index is -0.415. The first-order chi connectivity index (χ1) is 7.16. The molecule has 1 aromatic rings. The van der Waals surface area contributed by atoms with Crippen LogP contribution in [0.3, 0.4) is 0 Å². The highest BCUT2D eigenvalue weighted by Gasteiger charge is 2.22. The third-order valence-corrected chi connectivity index (χ3v) is 3.01. The van der Waals surface area contributed by atoms with Crippen LogP contribution in [0, 0.1) is 0 Å². The molecule has 0 unspecified atom stereocenters. The summed E-state index contributed by atoms with van der Waals surface area (Å²) in [5.41, 5.74) is 0.867. The number of phenolic OH excluding ortho intramolecular Hbond substituents is 1. The standard InChI is InChI=1S/C10H10BrNO3.ClH/c11-8-2-1-6(13)5-7(8)9-3-4-15-10(14)12-9;/h1-2,5,9,13H,3-4H2,(H,12,14);1H/t9-;/m0./s1. The Kier molecular flexibility index (Phi) is 4.44. The molecule has 1 fully saturated rings. The zero-order valence-corrected chi connectivity index (χ0v) is 10.7. The van der Waals surface area contributed by atoms with Gasteiger partial charge in [0, 0.05) is 10.9 Å². The molecule has 1 saturated heterocycles. The summed E-state index contributed by atoms with van der Waals surface area (Å²) in [6.07, 6.45) is 0.287. The molecule has 0 bridgehead atoms. The topological polar surface area (TPSA) is 58.6 Å². The number of halogens is 2. The average molecular weight is 309 g/mol. The average Bonchev–Trinajstić information content (AvgIpc) is 2.22. The first kappa shape index (κ1) is 13.1. The molecule has 4 nitrogen and oxygen atoms in total. The van der Waals surface area contributed by atoms with Crippen LogP contribution >= 0.6 is 28.3 Å². The molecule has 1 aliphatic heterocycles. The Hall–Kier alpha value is -0.940. The van der Waals surface area contributed by atoms with Gasteiger partial charge < -0.3 is 15.2 Å². The lowest BCUT2D eigenvalue weighted by atomic mass is 10.0. The van der Waals surface area contributed by atoms with Crippen molar-refractivity contribution < 1.29 is 14.6 Å². The predicted octanol–water partition coefficient (Wildman–Crippen LogP) is 2.75. The fourth-order valence-corrected chi connectivity index (χ4v) is 2.08. The maximum Gasteiger partial charge on any atom is 0.407 e. The minimum Gasteiger partial charge on any atom is -0.508 e. The van der Waals surface area contributed by atoms with Gasteiger partial charge in [0.1, 0.15) is 5.75 Å². The Morgan fingerprint density at radius 2 is 2.25 bits per heavy atom. The van der Waals surface area contributed by atoms with Gasteiger partial charge in [0.25, 0.3) is 0 Å². The van der Waals surface area contributed by atoms with Gasteiger partial charge >= 0.3 is 6.09 Å². The lowest BCUT2D eigenvalue weighted by Gasteiger charge is -2.24. The maximum atomic E-state index is 11.0. The number of phenols is 1. The van der Waals surface area contributed by atoms with E-state index in [0.29, 0.717) is 13.0 Å². The Morgan fingerprint density at radius 1 is 1.50 bits per heavy atom. The fourth-order valence-electron chi connectivity index (χ4n) is 1.56. The van der Waals surface area contributed by atoms with E-state index in [9.17, 15) is 9.90 Å². The molecule has 0 aromatic heterocycles. The summed E-state index contributed by atoms with van der Waals surface area (Å²) in [4.78, 5) is 11.0. The molecule has 0 spiro atoms. The number of ether oxygens (including phenoxy) is 1. The number of hydrogen-bond acceptors (Lipinski definition) is 3. The third kappa shape index (κ3) is 2.80. The zero-order valence-electron chi connectivity index (χ0n) is 8.27. The van der Waals surface area contributed by atoms with E-state index >= 15 is 0 Å². The molecule has 16 heavy (non-hydrogen) atoms. The van der Waals surface area contributed by atoms with Crippen molar-refractivity contribution in [3.05, 3.63) is 28.2 Å². The second kappa shape index (κ2) is 5.41. The fraction of sp³-hybridized carbons (Fsp3) is 0.300. The van der Waals surface area contributed by atoms with E-state index in [2.05, 4.69) is 21.2 Å². The van der Waals surface area contributed by atoms with Crippen LogP contribution in [0.25, 0.3) is 0 Å². The van der Waals surface area contributed by atoms with Crippen molar-refractivity contribution in [3.8, 4) is 5.75 Å². The number of carbonyl (C=O) groups excluding carboxylic acids is 1. The third-order valence-electron chi connectivity index (χ3n) is 2.29. The van der Waals surface area contributed by atoms with E-state index in [0.717, 1.165) is 10.0 Å². The van der Waals surface area contributed by atoms with E-state index < -0.39 is 6.09 Å². The highest BCUT2D eigenvalue weighted by atomic mass is 79.9. The number of aromatic hydroxyl groups is 1. The number of nitrogens with one attached hydrogen (secondary N) is 1. The minimum absolute atomic E-state index is 0. The molecule has 1 aliphatic rings. The van der Waals surface area contributed by atoms with Crippen LogP contribution in [-0.2, 0) is 4.74 Å². The number of hydrogen-bond donors (Lipinski definition) is 2. The lowest BCUT2D eigenvalue weighted by molar-refractivity contribution is 0.115. The number of carbonyl (C=O) groups is 1. The molecule has 1 atom stereocenters. The summed E-state index contributed by atoms with van der Waals surface area (Å²) in [6, 6.07) is 4.88. The highest BCUT2D eigenvalue weighted by Crippen LogP contribution is 2.30. The molecular formula is C10H11BrClNO3. The van der Waals surface area contributed by atoms with Crippen molar-refractivity contribution in [1.29, 1.82) is 0 Å².